The van der Waals surface area contributed by atoms with Crippen molar-refractivity contribution in [2.45, 2.75) is 0 Å². The van der Waals surface area contributed by atoms with E-state index in [2.05, 4.69) is 10.2 Å². The van der Waals surface area contributed by atoms with Gasteiger partial charge in [-0.2, -0.15) is 0 Å². The molecule has 0 aliphatic rings. The van der Waals surface area contributed by atoms with Crippen LogP contribution in [0.15, 0.2) is 27.8 Å². The van der Waals surface area contributed by atoms with Crippen LogP contribution in [0.3, 0.4) is 0 Å². The first kappa shape index (κ1) is 9.13. The molecule has 0 radical (unpaired) electrons. The fourth-order valence-electron chi connectivity index (χ4n) is 1.28. The highest BCUT2D eigenvalue weighted by molar-refractivity contribution is 5.60. The predicted octanol–water partition coefficient (Wildman–Crippen LogP) is -0.858. The molecular weight excluding hydrogens is 200 g/mol. The van der Waals surface area contributed by atoms with E-state index in [9.17, 15) is 9.59 Å². The molecule has 5 N–H and O–H groups in total. The van der Waals surface area contributed by atoms with Gasteiger partial charge in [0.05, 0.1) is 11.4 Å². The Morgan fingerprint density at radius 2 is 1.80 bits per heavy atom. The molecule has 15 heavy (non-hydrogen) atoms. The lowest BCUT2D eigenvalue weighted by molar-refractivity contribution is 0.475. The fraction of sp³-hybridized carbons (Fsp3) is 0. The van der Waals surface area contributed by atoms with Gasteiger partial charge in [-0.1, -0.05) is 0 Å². The molecule has 2 rings (SSSR count). The summed E-state index contributed by atoms with van der Waals surface area (Å²) in [6, 6.07) is 3.98. The molecule has 2 aromatic rings. The van der Waals surface area contributed by atoms with Crippen LogP contribution in [-0.4, -0.2) is 19.9 Å². The molecule has 0 amide bonds. The van der Waals surface area contributed by atoms with E-state index in [0.717, 1.165) is 4.57 Å². The number of nitrogen functional groups attached to an aromatic ring is 1. The highest BCUT2D eigenvalue weighted by atomic mass is 16.3. The number of benzene rings is 1. The highest BCUT2D eigenvalue weighted by Gasteiger charge is 2.09. The molecule has 0 aliphatic heterocycles. The number of nitrogens with two attached hydrogens (primary N) is 1. The van der Waals surface area contributed by atoms with E-state index >= 15 is 0 Å². The first-order valence-electron chi connectivity index (χ1n) is 4.08. The molecule has 1 aromatic carbocycles. The van der Waals surface area contributed by atoms with E-state index in [0.29, 0.717) is 0 Å². The zero-order valence-corrected chi connectivity index (χ0v) is 7.52. The molecule has 7 heteroatoms. The maximum Gasteiger partial charge on any atom is 0.349 e. The Balaban J connectivity index is 2.75. The number of phenols is 1. The fourth-order valence-corrected chi connectivity index (χ4v) is 1.28. The van der Waals surface area contributed by atoms with Crippen molar-refractivity contribution >= 4 is 5.69 Å². The average Bonchev–Trinajstić information content (AvgIpc) is 2.48. The van der Waals surface area contributed by atoms with Crippen molar-refractivity contribution in [3.05, 3.63) is 39.2 Å². The van der Waals surface area contributed by atoms with E-state index in [4.69, 9.17) is 10.8 Å². The molecule has 0 fully saturated rings. The highest BCUT2D eigenvalue weighted by Crippen LogP contribution is 2.19. The van der Waals surface area contributed by atoms with Crippen LogP contribution in [0.25, 0.3) is 5.69 Å². The monoisotopic (exact) mass is 208 g/mol. The topological polar surface area (TPSA) is 117 Å². The van der Waals surface area contributed by atoms with Crippen LogP contribution in [0.4, 0.5) is 5.69 Å². The molecule has 0 aliphatic carbocycles. The third kappa shape index (κ3) is 1.39. The summed E-state index contributed by atoms with van der Waals surface area (Å²) >= 11 is 0. The predicted molar refractivity (Wildman–Crippen MR) is 53.1 cm³/mol. The number of hydrogen-bond acceptors (Lipinski definition) is 4. The zero-order valence-electron chi connectivity index (χ0n) is 7.52. The average molecular weight is 208 g/mol. The van der Waals surface area contributed by atoms with E-state index in [1.54, 1.807) is 0 Å². The molecular formula is C8H8N4O3. The van der Waals surface area contributed by atoms with Gasteiger partial charge in [0, 0.05) is 6.07 Å². The van der Waals surface area contributed by atoms with Gasteiger partial charge in [0.15, 0.2) is 0 Å². The molecule has 0 unspecified atom stereocenters. The maximum atomic E-state index is 11.2. The summed E-state index contributed by atoms with van der Waals surface area (Å²) in [6.07, 6.45) is 0. The van der Waals surface area contributed by atoms with Gasteiger partial charge in [-0.15, -0.1) is 0 Å². The largest absolute Gasteiger partial charge is 0.508 e. The van der Waals surface area contributed by atoms with Crippen LogP contribution in [0.5, 0.6) is 5.75 Å². The number of hydrogen-bond donors (Lipinski definition) is 4. The van der Waals surface area contributed by atoms with Crippen LogP contribution >= 0.6 is 0 Å². The number of H-pyrrole nitrogens is 2. The van der Waals surface area contributed by atoms with Crippen molar-refractivity contribution in [2.24, 2.45) is 0 Å². The van der Waals surface area contributed by atoms with Crippen molar-refractivity contribution in [3.63, 3.8) is 0 Å². The molecule has 0 spiro atoms. The van der Waals surface area contributed by atoms with Gasteiger partial charge in [-0.3, -0.25) is 0 Å². The number of phenolic OH excluding ortho intramolecular Hbond substituents is 1. The van der Waals surface area contributed by atoms with Gasteiger partial charge in [0.2, 0.25) is 0 Å². The smallest absolute Gasteiger partial charge is 0.349 e. The van der Waals surface area contributed by atoms with Crippen molar-refractivity contribution in [3.8, 4) is 11.4 Å². The lowest BCUT2D eigenvalue weighted by Gasteiger charge is -2.03. The van der Waals surface area contributed by atoms with Crippen LogP contribution < -0.4 is 17.1 Å². The normalized spacial score (nSPS) is 10.4. The Labute approximate surface area is 82.8 Å². The second kappa shape index (κ2) is 3.05. The molecule has 0 saturated heterocycles. The second-order valence-corrected chi connectivity index (χ2v) is 2.94. The Morgan fingerprint density at radius 3 is 2.33 bits per heavy atom. The molecule has 0 atom stereocenters. The Kier molecular flexibility index (Phi) is 1.86. The Morgan fingerprint density at radius 1 is 1.20 bits per heavy atom. The Hall–Kier alpha value is -2.44. The van der Waals surface area contributed by atoms with Gasteiger partial charge in [-0.25, -0.2) is 24.4 Å². The van der Waals surface area contributed by atoms with Crippen molar-refractivity contribution in [2.75, 3.05) is 5.73 Å². The first-order valence-corrected chi connectivity index (χ1v) is 4.08. The van der Waals surface area contributed by atoms with E-state index in [1.807, 2.05) is 0 Å². The lowest BCUT2D eigenvalue weighted by atomic mass is 10.2. The van der Waals surface area contributed by atoms with Crippen molar-refractivity contribution < 1.29 is 5.11 Å². The maximum absolute atomic E-state index is 11.2. The number of aromatic hydroxyl groups is 1. The number of aromatic nitrogens is 3. The molecule has 78 valence electrons. The minimum Gasteiger partial charge on any atom is -0.508 e. The van der Waals surface area contributed by atoms with Gasteiger partial charge in [-0.05, 0) is 12.1 Å². The SMILES string of the molecule is Nc1cc(O)ccc1-n1c(=O)[nH][nH]c1=O. The minimum atomic E-state index is -0.614. The molecule has 1 heterocycles. The summed E-state index contributed by atoms with van der Waals surface area (Å²) in [4.78, 5) is 22.5. The summed E-state index contributed by atoms with van der Waals surface area (Å²) in [5.74, 6) is -0.0312. The Bertz CT molecular complexity index is 579. The van der Waals surface area contributed by atoms with Crippen molar-refractivity contribution in [1.82, 2.24) is 14.8 Å². The number of anilines is 1. The van der Waals surface area contributed by atoms with E-state index < -0.39 is 11.4 Å². The van der Waals surface area contributed by atoms with Crippen LogP contribution in [0.2, 0.25) is 0 Å². The van der Waals surface area contributed by atoms with Crippen LogP contribution in [-0.2, 0) is 0 Å². The molecule has 7 nitrogen and oxygen atoms in total. The summed E-state index contributed by atoms with van der Waals surface area (Å²) < 4.78 is 0.842. The number of rotatable bonds is 1. The van der Waals surface area contributed by atoms with Crippen molar-refractivity contribution in [1.29, 1.82) is 0 Å². The lowest BCUT2D eigenvalue weighted by Crippen LogP contribution is -2.25. The molecule has 0 bridgehead atoms. The van der Waals surface area contributed by atoms with Crippen LogP contribution in [0, 0.1) is 0 Å². The molecule has 1 aromatic heterocycles. The third-order valence-electron chi connectivity index (χ3n) is 1.93. The molecule has 0 saturated carbocycles. The van der Waals surface area contributed by atoms with E-state index in [-0.39, 0.29) is 17.1 Å². The summed E-state index contributed by atoms with van der Waals surface area (Å²) in [5, 5.41) is 13.4. The minimum absolute atomic E-state index is 0.0312. The summed E-state index contributed by atoms with van der Waals surface area (Å²) in [6.45, 7) is 0. The van der Waals surface area contributed by atoms with Crippen LogP contribution in [0.1, 0.15) is 0 Å². The number of nitrogens with one attached hydrogen (secondary N) is 2. The standard InChI is InChI=1S/C8H8N4O3/c9-5-3-4(13)1-2-6(5)12-7(14)10-11-8(12)15/h1-3,13H,9H2,(H,10,14)(H,11,15). The van der Waals surface area contributed by atoms with Gasteiger partial charge in [0.25, 0.3) is 0 Å². The van der Waals surface area contributed by atoms with E-state index in [1.165, 1.54) is 18.2 Å². The first-order chi connectivity index (χ1) is 7.09. The number of aromatic amines is 2. The van der Waals surface area contributed by atoms with Gasteiger partial charge < -0.3 is 10.8 Å². The second-order valence-electron chi connectivity index (χ2n) is 2.94. The van der Waals surface area contributed by atoms with Gasteiger partial charge in [0.1, 0.15) is 5.75 Å². The van der Waals surface area contributed by atoms with Gasteiger partial charge >= 0.3 is 11.4 Å². The third-order valence-corrected chi connectivity index (χ3v) is 1.93. The number of nitrogens with zero attached hydrogens (tertiary/aromatic N) is 1. The zero-order chi connectivity index (χ0) is 11.0. The summed E-state index contributed by atoms with van der Waals surface area (Å²) in [5.41, 5.74) is 4.70. The quantitative estimate of drug-likeness (QED) is 0.456. The summed E-state index contributed by atoms with van der Waals surface area (Å²) in [7, 11) is 0.